The Morgan fingerprint density at radius 2 is 2.21 bits per heavy atom. The first-order valence-corrected chi connectivity index (χ1v) is 6.40. The molecule has 2 rings (SSSR count). The Morgan fingerprint density at radius 3 is 2.79 bits per heavy atom. The molecule has 0 amide bonds. The molecular formula is C13H16ClFN4. The summed E-state index contributed by atoms with van der Waals surface area (Å²) in [7, 11) is 0. The van der Waals surface area contributed by atoms with Gasteiger partial charge in [-0.15, -0.1) is 0 Å². The Bertz CT molecular complexity index is 582. The van der Waals surface area contributed by atoms with Gasteiger partial charge in [0.25, 0.3) is 0 Å². The lowest BCUT2D eigenvalue weighted by atomic mass is 10.0. The molecular weight excluding hydrogens is 267 g/mol. The second kappa shape index (κ2) is 5.69. The van der Waals surface area contributed by atoms with Gasteiger partial charge < -0.3 is 0 Å². The number of aromatic nitrogens is 2. The van der Waals surface area contributed by atoms with Crippen LogP contribution in [0.2, 0.25) is 5.02 Å². The molecule has 4 nitrogen and oxygen atoms in total. The number of benzene rings is 1. The van der Waals surface area contributed by atoms with E-state index in [2.05, 4.69) is 10.5 Å². The van der Waals surface area contributed by atoms with E-state index in [1.807, 2.05) is 19.9 Å². The van der Waals surface area contributed by atoms with E-state index < -0.39 is 11.9 Å². The number of hydrazine groups is 1. The van der Waals surface area contributed by atoms with Gasteiger partial charge in [0.05, 0.1) is 17.4 Å². The summed E-state index contributed by atoms with van der Waals surface area (Å²) in [6, 6.07) is 5.98. The Hall–Kier alpha value is -1.43. The van der Waals surface area contributed by atoms with E-state index in [4.69, 9.17) is 17.4 Å². The zero-order chi connectivity index (χ0) is 14.0. The Morgan fingerprint density at radius 1 is 1.47 bits per heavy atom. The van der Waals surface area contributed by atoms with E-state index in [1.165, 1.54) is 6.07 Å². The van der Waals surface area contributed by atoms with Gasteiger partial charge in [-0.1, -0.05) is 17.7 Å². The maximum absolute atomic E-state index is 14.0. The van der Waals surface area contributed by atoms with E-state index in [-0.39, 0.29) is 0 Å². The molecule has 1 aromatic heterocycles. The van der Waals surface area contributed by atoms with Crippen LogP contribution in [-0.2, 0) is 6.54 Å². The van der Waals surface area contributed by atoms with Gasteiger partial charge >= 0.3 is 0 Å². The largest absolute Gasteiger partial charge is 0.271 e. The van der Waals surface area contributed by atoms with Crippen molar-refractivity contribution in [2.45, 2.75) is 26.4 Å². The summed E-state index contributed by atoms with van der Waals surface area (Å²) in [6.45, 7) is 4.56. The number of rotatable bonds is 4. The molecule has 0 saturated carbocycles. The molecule has 0 aliphatic rings. The van der Waals surface area contributed by atoms with Crippen molar-refractivity contribution in [1.29, 1.82) is 0 Å². The highest BCUT2D eigenvalue weighted by Crippen LogP contribution is 2.26. The van der Waals surface area contributed by atoms with Gasteiger partial charge in [-0.25, -0.2) is 9.82 Å². The molecule has 0 bridgehead atoms. The van der Waals surface area contributed by atoms with E-state index in [0.29, 0.717) is 17.1 Å². The Kier molecular flexibility index (Phi) is 4.19. The second-order valence-corrected chi connectivity index (χ2v) is 4.73. The van der Waals surface area contributed by atoms with Crippen molar-refractivity contribution < 1.29 is 4.39 Å². The highest BCUT2D eigenvalue weighted by molar-refractivity contribution is 6.30. The maximum atomic E-state index is 14.0. The zero-order valence-corrected chi connectivity index (χ0v) is 11.6. The van der Waals surface area contributed by atoms with Crippen LogP contribution in [-0.4, -0.2) is 9.78 Å². The van der Waals surface area contributed by atoms with Crippen LogP contribution in [0.4, 0.5) is 4.39 Å². The summed E-state index contributed by atoms with van der Waals surface area (Å²) in [5.41, 5.74) is 4.77. The van der Waals surface area contributed by atoms with E-state index in [9.17, 15) is 4.39 Å². The molecule has 0 radical (unpaired) electrons. The first kappa shape index (κ1) is 14.0. The molecule has 0 spiro atoms. The summed E-state index contributed by atoms with van der Waals surface area (Å²) in [5, 5.41) is 4.70. The minimum atomic E-state index is -0.460. The van der Waals surface area contributed by atoms with Crippen molar-refractivity contribution in [2.24, 2.45) is 5.84 Å². The van der Waals surface area contributed by atoms with Crippen molar-refractivity contribution in [2.75, 3.05) is 0 Å². The molecule has 3 N–H and O–H groups in total. The third kappa shape index (κ3) is 2.78. The molecule has 19 heavy (non-hydrogen) atoms. The van der Waals surface area contributed by atoms with E-state index in [0.717, 1.165) is 11.4 Å². The van der Waals surface area contributed by atoms with Crippen molar-refractivity contribution >= 4 is 11.6 Å². The van der Waals surface area contributed by atoms with Crippen molar-refractivity contribution in [3.8, 4) is 0 Å². The summed E-state index contributed by atoms with van der Waals surface area (Å²) in [6.07, 6.45) is 0. The monoisotopic (exact) mass is 282 g/mol. The molecule has 1 aromatic carbocycles. The molecule has 1 unspecified atom stereocenters. The van der Waals surface area contributed by atoms with Crippen LogP contribution < -0.4 is 11.3 Å². The van der Waals surface area contributed by atoms with Crippen LogP contribution >= 0.6 is 11.6 Å². The predicted molar refractivity (Wildman–Crippen MR) is 73.2 cm³/mol. The number of hydrogen-bond donors (Lipinski definition) is 2. The van der Waals surface area contributed by atoms with Crippen molar-refractivity contribution in [1.82, 2.24) is 15.2 Å². The smallest absolute Gasteiger partial charge is 0.129 e. The van der Waals surface area contributed by atoms with Crippen LogP contribution in [0.15, 0.2) is 24.3 Å². The number of hydrogen-bond acceptors (Lipinski definition) is 3. The third-order valence-electron chi connectivity index (χ3n) is 2.97. The first-order valence-electron chi connectivity index (χ1n) is 6.02. The van der Waals surface area contributed by atoms with Gasteiger partial charge in [-0.2, -0.15) is 5.10 Å². The fourth-order valence-corrected chi connectivity index (χ4v) is 2.28. The fourth-order valence-electron chi connectivity index (χ4n) is 2.12. The van der Waals surface area contributed by atoms with Gasteiger partial charge in [-0.05, 0) is 32.0 Å². The highest BCUT2D eigenvalue weighted by Gasteiger charge is 2.21. The number of aryl methyl sites for hydroxylation is 2. The van der Waals surface area contributed by atoms with E-state index >= 15 is 0 Å². The van der Waals surface area contributed by atoms with Crippen LogP contribution in [0.3, 0.4) is 0 Å². The lowest BCUT2D eigenvalue weighted by molar-refractivity contribution is 0.515. The normalized spacial score (nSPS) is 12.7. The fraction of sp³-hybridized carbons (Fsp3) is 0.308. The van der Waals surface area contributed by atoms with Crippen LogP contribution in [0, 0.1) is 12.7 Å². The summed E-state index contributed by atoms with van der Waals surface area (Å²) >= 11 is 5.76. The quantitative estimate of drug-likeness (QED) is 0.669. The SMILES string of the molecule is CCn1nc(C)cc1C(NN)c1ccc(Cl)cc1F. The van der Waals surface area contributed by atoms with E-state index in [1.54, 1.807) is 16.8 Å². The number of nitrogens with one attached hydrogen (secondary N) is 1. The average Bonchev–Trinajstić information content (AvgIpc) is 2.74. The van der Waals surface area contributed by atoms with Crippen LogP contribution in [0.1, 0.15) is 29.9 Å². The molecule has 2 aromatic rings. The summed E-state index contributed by atoms with van der Waals surface area (Å²) in [5.74, 6) is 5.19. The first-order chi connectivity index (χ1) is 9.06. The number of halogens is 2. The van der Waals surface area contributed by atoms with Gasteiger partial charge in [0.1, 0.15) is 5.82 Å². The number of nitrogens with two attached hydrogens (primary N) is 1. The van der Waals surface area contributed by atoms with Gasteiger partial charge in [0.15, 0.2) is 0 Å². The van der Waals surface area contributed by atoms with Gasteiger partial charge in [0.2, 0.25) is 0 Å². The van der Waals surface area contributed by atoms with Gasteiger partial charge in [-0.3, -0.25) is 10.5 Å². The predicted octanol–water partition coefficient (Wildman–Crippen LogP) is 2.56. The highest BCUT2D eigenvalue weighted by atomic mass is 35.5. The maximum Gasteiger partial charge on any atom is 0.129 e. The third-order valence-corrected chi connectivity index (χ3v) is 3.20. The lowest BCUT2D eigenvalue weighted by Crippen LogP contribution is -2.31. The topological polar surface area (TPSA) is 55.9 Å². The Balaban J connectivity index is 2.49. The molecule has 0 aliphatic carbocycles. The molecule has 102 valence electrons. The van der Waals surface area contributed by atoms with Crippen molar-refractivity contribution in [3.63, 3.8) is 0 Å². The van der Waals surface area contributed by atoms with Crippen molar-refractivity contribution in [3.05, 3.63) is 52.1 Å². The minimum Gasteiger partial charge on any atom is -0.271 e. The molecule has 0 fully saturated rings. The molecule has 0 saturated heterocycles. The second-order valence-electron chi connectivity index (χ2n) is 4.29. The number of nitrogens with zero attached hydrogens (tertiary/aromatic N) is 2. The van der Waals surface area contributed by atoms with Crippen LogP contribution in [0.25, 0.3) is 0 Å². The zero-order valence-electron chi connectivity index (χ0n) is 10.8. The average molecular weight is 283 g/mol. The summed E-state index contributed by atoms with van der Waals surface area (Å²) < 4.78 is 15.8. The summed E-state index contributed by atoms with van der Waals surface area (Å²) in [4.78, 5) is 0. The molecule has 1 atom stereocenters. The Labute approximate surface area is 116 Å². The molecule has 6 heteroatoms. The lowest BCUT2D eigenvalue weighted by Gasteiger charge is -2.18. The standard InChI is InChI=1S/C13H16ClFN4/c1-3-19-12(6-8(2)18-19)13(17-16)10-5-4-9(14)7-11(10)15/h4-7,13,17H,3,16H2,1-2H3. The molecule has 1 heterocycles. The minimum absolute atomic E-state index is 0.359. The van der Waals surface area contributed by atoms with Crippen LogP contribution in [0.5, 0.6) is 0 Å². The van der Waals surface area contributed by atoms with Gasteiger partial charge in [0, 0.05) is 17.1 Å². The molecule has 0 aliphatic heterocycles.